The zero-order valence-electron chi connectivity index (χ0n) is 33.2. The van der Waals surface area contributed by atoms with Gasteiger partial charge in [-0.15, -0.1) is 0 Å². The van der Waals surface area contributed by atoms with E-state index >= 15 is 0 Å². The summed E-state index contributed by atoms with van der Waals surface area (Å²) in [6, 6.07) is 18.1. The summed E-state index contributed by atoms with van der Waals surface area (Å²) in [6.07, 6.45) is 2.76. The summed E-state index contributed by atoms with van der Waals surface area (Å²) in [6.45, 7) is 4.04. The van der Waals surface area contributed by atoms with Crippen LogP contribution in [0, 0.1) is 25.5 Å². The predicted molar refractivity (Wildman–Crippen MR) is 232 cm³/mol. The van der Waals surface area contributed by atoms with Crippen LogP contribution in [0.4, 0.5) is 26.0 Å². The van der Waals surface area contributed by atoms with Gasteiger partial charge in [0.05, 0.1) is 20.8 Å². The van der Waals surface area contributed by atoms with Gasteiger partial charge in [-0.1, -0.05) is 46.9 Å². The first-order chi connectivity index (χ1) is 29.7. The topological polar surface area (TPSA) is 190 Å². The Balaban J connectivity index is 0.000000186. The maximum atomic E-state index is 13.3. The summed E-state index contributed by atoms with van der Waals surface area (Å²) in [5, 5.41) is 15.7. The molecule has 4 aromatic heterocycles. The highest BCUT2D eigenvalue weighted by molar-refractivity contribution is 6.34. The molecule has 20 heteroatoms. The Labute approximate surface area is 366 Å². The van der Waals surface area contributed by atoms with E-state index in [-0.39, 0.29) is 34.4 Å². The maximum Gasteiger partial charge on any atom is 0.255 e. The minimum atomic E-state index is -0.586. The van der Waals surface area contributed by atoms with Gasteiger partial charge in [-0.05, 0) is 73.5 Å². The average Bonchev–Trinajstić information content (AvgIpc) is 3.76. The van der Waals surface area contributed by atoms with Crippen molar-refractivity contribution in [3.8, 4) is 11.5 Å². The monoisotopic (exact) mass is 899 g/mol. The number of hydrogen-bond acceptors (Lipinski definition) is 11. The number of rotatable bonds is 10. The van der Waals surface area contributed by atoms with Gasteiger partial charge in [0.25, 0.3) is 11.8 Å². The Morgan fingerprint density at radius 3 is 1.58 bits per heavy atom. The van der Waals surface area contributed by atoms with Gasteiger partial charge in [0, 0.05) is 48.7 Å². The van der Waals surface area contributed by atoms with E-state index in [2.05, 4.69) is 40.8 Å². The maximum absolute atomic E-state index is 13.3. The minimum Gasteiger partial charge on any atom is -0.487 e. The van der Waals surface area contributed by atoms with Crippen molar-refractivity contribution in [3.63, 3.8) is 0 Å². The summed E-state index contributed by atoms with van der Waals surface area (Å²) >= 11 is 17.7. The second-order valence-corrected chi connectivity index (χ2v) is 14.8. The van der Waals surface area contributed by atoms with Gasteiger partial charge in [-0.25, -0.2) is 38.1 Å². The van der Waals surface area contributed by atoms with Crippen LogP contribution in [0.3, 0.4) is 0 Å². The van der Waals surface area contributed by atoms with Gasteiger partial charge < -0.3 is 25.8 Å². The lowest BCUT2D eigenvalue weighted by Gasteiger charge is -2.12. The minimum absolute atomic E-state index is 0.119. The molecule has 8 aromatic rings. The molecule has 316 valence electrons. The second kappa shape index (κ2) is 18.3. The highest BCUT2D eigenvalue weighted by atomic mass is 35.5. The molecule has 0 bridgehead atoms. The summed E-state index contributed by atoms with van der Waals surface area (Å²) in [5.74, 6) is -0.568. The number of carbonyl (C=O) groups excluding carboxylic acids is 2. The molecular formula is C42H34Cl3F2N11O4. The Hall–Kier alpha value is -6.95. The molecule has 0 atom stereocenters. The van der Waals surface area contributed by atoms with Crippen LogP contribution >= 0.6 is 34.8 Å². The van der Waals surface area contributed by atoms with Gasteiger partial charge in [0.15, 0.2) is 11.3 Å². The van der Waals surface area contributed by atoms with Crippen LogP contribution in [0.5, 0.6) is 11.5 Å². The first kappa shape index (κ1) is 43.1. The fraction of sp³-hybridized carbons (Fsp3) is 0.143. The number of aryl methyl sites for hydroxylation is 4. The number of anilines is 3. The molecule has 0 aliphatic rings. The number of nitrogens with zero attached hydrogens (tertiary/aromatic N) is 8. The van der Waals surface area contributed by atoms with E-state index in [0.717, 1.165) is 23.3 Å². The van der Waals surface area contributed by atoms with E-state index < -0.39 is 23.4 Å². The molecule has 0 unspecified atom stereocenters. The van der Waals surface area contributed by atoms with Crippen LogP contribution in [-0.4, -0.2) is 51.3 Å². The van der Waals surface area contributed by atoms with Crippen molar-refractivity contribution in [2.24, 2.45) is 14.1 Å². The molecule has 15 nitrogen and oxygen atoms in total. The Kier molecular flexibility index (Phi) is 12.8. The number of nitrogens with two attached hydrogens (primary N) is 1. The molecule has 0 radical (unpaired) electrons. The normalized spacial score (nSPS) is 11.0. The third-order valence-corrected chi connectivity index (χ3v) is 10.2. The fourth-order valence-electron chi connectivity index (χ4n) is 6.16. The van der Waals surface area contributed by atoms with Crippen molar-refractivity contribution in [3.05, 3.63) is 146 Å². The number of amides is 2. The first-order valence-corrected chi connectivity index (χ1v) is 19.5. The number of aromatic nitrogens is 8. The molecule has 4 aromatic carbocycles. The average molecular weight is 901 g/mol. The third kappa shape index (κ3) is 9.49. The number of halogens is 5. The van der Waals surface area contributed by atoms with Crippen LogP contribution in [0.15, 0.2) is 85.5 Å². The molecule has 0 spiro atoms. The molecule has 0 saturated carbocycles. The van der Waals surface area contributed by atoms with E-state index in [1.165, 1.54) is 36.9 Å². The Morgan fingerprint density at radius 1 is 0.645 bits per heavy atom. The van der Waals surface area contributed by atoms with Crippen molar-refractivity contribution < 1.29 is 27.8 Å². The lowest BCUT2D eigenvalue weighted by Crippen LogP contribution is -2.12. The number of carbonyl (C=O) groups is 2. The molecule has 8 rings (SSSR count). The lowest BCUT2D eigenvalue weighted by molar-refractivity contribution is 0.101. The number of benzene rings is 4. The molecule has 0 aliphatic carbocycles. The molecule has 0 fully saturated rings. The Bertz CT molecular complexity index is 2820. The van der Waals surface area contributed by atoms with Crippen molar-refractivity contribution >= 4 is 85.9 Å². The van der Waals surface area contributed by atoms with Crippen LogP contribution in [0.25, 0.3) is 22.1 Å². The number of hydrogen-bond donors (Lipinski definition) is 3. The smallest absolute Gasteiger partial charge is 0.255 e. The zero-order valence-corrected chi connectivity index (χ0v) is 35.4. The van der Waals surface area contributed by atoms with Gasteiger partial charge >= 0.3 is 0 Å². The van der Waals surface area contributed by atoms with Crippen LogP contribution < -0.4 is 25.8 Å². The van der Waals surface area contributed by atoms with Crippen LogP contribution in [0.1, 0.15) is 43.2 Å². The highest BCUT2D eigenvalue weighted by Gasteiger charge is 2.18. The highest BCUT2D eigenvalue weighted by Crippen LogP contribution is 2.29. The number of nitrogen functional groups attached to an aromatic ring is 1. The van der Waals surface area contributed by atoms with Crippen molar-refractivity contribution in [1.82, 2.24) is 39.5 Å². The van der Waals surface area contributed by atoms with Crippen LogP contribution in [0.2, 0.25) is 15.2 Å². The van der Waals surface area contributed by atoms with E-state index in [0.29, 0.717) is 67.3 Å². The van der Waals surface area contributed by atoms with Crippen molar-refractivity contribution in [2.75, 3.05) is 16.4 Å². The summed E-state index contributed by atoms with van der Waals surface area (Å²) in [7, 11) is 3.53. The third-order valence-electron chi connectivity index (χ3n) is 9.35. The van der Waals surface area contributed by atoms with Crippen molar-refractivity contribution in [2.45, 2.75) is 27.1 Å². The number of nitrogens with one attached hydrogen (secondary N) is 2. The van der Waals surface area contributed by atoms with E-state index in [1.54, 1.807) is 47.7 Å². The summed E-state index contributed by atoms with van der Waals surface area (Å²) in [5.41, 5.74) is 11.6. The molecule has 0 aliphatic heterocycles. The second-order valence-electron chi connectivity index (χ2n) is 13.7. The molecule has 62 heavy (non-hydrogen) atoms. The summed E-state index contributed by atoms with van der Waals surface area (Å²) < 4.78 is 41.8. The molecular weight excluding hydrogens is 867 g/mol. The van der Waals surface area contributed by atoms with E-state index in [4.69, 9.17) is 50.0 Å². The standard InChI is InChI=1S/C21H16Cl2FN5O2.C21H18ClFN6O2/c1-11-3-5-13(27-21(30)12-4-6-15(24)14(22)7-12)8-17(11)31-9-16-18-19(23)25-10-26-20(18)29(2)28-16;1-11-3-5-13(27-21(30)12-4-6-15(23)14(22)7-12)8-17(11)31-9-16-18-19(24)25-10-26-20(18)29(2)28-16/h3-8,10H,9H2,1-2H3,(H,27,30);3-8,10H,9H2,1-2H3,(H,27,30)(H2,24,25,26). The number of ether oxygens (including phenoxy) is 2. The van der Waals surface area contributed by atoms with Crippen molar-refractivity contribution in [1.29, 1.82) is 0 Å². The molecule has 4 heterocycles. The molecule has 4 N–H and O–H groups in total. The largest absolute Gasteiger partial charge is 0.487 e. The quantitative estimate of drug-likeness (QED) is 0.111. The van der Waals surface area contributed by atoms with Gasteiger partial charge in [0.2, 0.25) is 0 Å². The zero-order chi connectivity index (χ0) is 44.2. The van der Waals surface area contributed by atoms with E-state index in [1.807, 2.05) is 26.0 Å². The SMILES string of the molecule is Cc1ccc(NC(=O)c2ccc(F)c(Cl)c2)cc1OCc1nn(C)c2ncnc(Cl)c12.Cc1ccc(NC(=O)c2ccc(F)c(Cl)c2)cc1OCc1nn(C)c2ncnc(N)c12. The van der Waals surface area contributed by atoms with Gasteiger partial charge in [0.1, 0.15) is 71.4 Å². The van der Waals surface area contributed by atoms with Crippen LogP contribution in [-0.2, 0) is 27.3 Å². The van der Waals surface area contributed by atoms with Gasteiger partial charge in [-0.3, -0.25) is 9.59 Å². The lowest BCUT2D eigenvalue weighted by atomic mass is 10.1. The van der Waals surface area contributed by atoms with Gasteiger partial charge in [-0.2, -0.15) is 10.2 Å². The first-order valence-electron chi connectivity index (χ1n) is 18.4. The van der Waals surface area contributed by atoms with E-state index in [9.17, 15) is 18.4 Å². The molecule has 0 saturated heterocycles. The number of fused-ring (bicyclic) bond motifs is 2. The fourth-order valence-corrected chi connectivity index (χ4v) is 6.76. The summed E-state index contributed by atoms with van der Waals surface area (Å²) in [4.78, 5) is 41.3. The molecule has 2 amide bonds. The predicted octanol–water partition coefficient (Wildman–Crippen LogP) is 8.83. The Morgan fingerprint density at radius 2 is 1.10 bits per heavy atom.